The molecule has 154 valence electrons. The SMILES string of the molecule is COc1ccc(C(CNC(=O)c2ccc([N+](=O)[O-])cc2Cl)N2CCOCC2)cc1. The number of morpholine rings is 1. The van der Waals surface area contributed by atoms with Crippen LogP contribution in [0.15, 0.2) is 42.5 Å². The van der Waals surface area contributed by atoms with E-state index in [9.17, 15) is 14.9 Å². The lowest BCUT2D eigenvalue weighted by Crippen LogP contribution is -2.43. The first-order valence-corrected chi connectivity index (χ1v) is 9.55. The van der Waals surface area contributed by atoms with Gasteiger partial charge in [-0.15, -0.1) is 0 Å². The summed E-state index contributed by atoms with van der Waals surface area (Å²) in [5.74, 6) is 0.382. The molecule has 1 saturated heterocycles. The van der Waals surface area contributed by atoms with Gasteiger partial charge in [-0.1, -0.05) is 23.7 Å². The number of amides is 1. The molecule has 1 amide bonds. The molecule has 0 aliphatic carbocycles. The molecule has 1 unspecified atom stereocenters. The van der Waals surface area contributed by atoms with Gasteiger partial charge in [0.15, 0.2) is 0 Å². The predicted molar refractivity (Wildman–Crippen MR) is 109 cm³/mol. The molecule has 2 aromatic rings. The molecule has 0 spiro atoms. The van der Waals surface area contributed by atoms with Gasteiger partial charge in [0.2, 0.25) is 0 Å². The standard InChI is InChI=1S/C20H22ClN3O5/c1-28-16-5-2-14(3-6-16)19(23-8-10-29-11-9-23)13-22-20(25)17-7-4-15(24(26)27)12-18(17)21/h2-7,12,19H,8-11,13H2,1H3,(H,22,25). The Morgan fingerprint density at radius 2 is 1.97 bits per heavy atom. The van der Waals surface area contributed by atoms with Gasteiger partial charge in [0, 0.05) is 31.8 Å². The summed E-state index contributed by atoms with van der Waals surface area (Å²) in [5, 5.41) is 13.8. The number of nitro benzene ring substituents is 1. The van der Waals surface area contributed by atoms with E-state index in [2.05, 4.69) is 10.2 Å². The Balaban J connectivity index is 1.75. The van der Waals surface area contributed by atoms with E-state index in [0.717, 1.165) is 24.4 Å². The number of rotatable bonds is 7. The Bertz CT molecular complexity index is 869. The monoisotopic (exact) mass is 419 g/mol. The van der Waals surface area contributed by atoms with Crippen molar-refractivity contribution >= 4 is 23.2 Å². The first kappa shape index (κ1) is 21.0. The fourth-order valence-electron chi connectivity index (χ4n) is 3.26. The molecular weight excluding hydrogens is 398 g/mol. The Hall–Kier alpha value is -2.68. The lowest BCUT2D eigenvalue weighted by molar-refractivity contribution is -0.384. The molecule has 8 nitrogen and oxygen atoms in total. The van der Waals surface area contributed by atoms with Crippen LogP contribution in [-0.4, -0.2) is 55.7 Å². The van der Waals surface area contributed by atoms with Crippen LogP contribution in [0.25, 0.3) is 0 Å². The second-order valence-corrected chi connectivity index (χ2v) is 6.98. The number of methoxy groups -OCH3 is 1. The molecule has 1 N–H and O–H groups in total. The molecule has 1 aliphatic heterocycles. The number of carbonyl (C=O) groups excluding carboxylic acids is 1. The highest BCUT2D eigenvalue weighted by Gasteiger charge is 2.24. The molecule has 3 rings (SSSR count). The summed E-state index contributed by atoms with van der Waals surface area (Å²) in [6.07, 6.45) is 0. The van der Waals surface area contributed by atoms with Gasteiger partial charge in [-0.3, -0.25) is 19.8 Å². The van der Waals surface area contributed by atoms with Gasteiger partial charge in [-0.25, -0.2) is 0 Å². The lowest BCUT2D eigenvalue weighted by atomic mass is 10.0. The zero-order chi connectivity index (χ0) is 20.8. The van der Waals surface area contributed by atoms with Crippen LogP contribution in [-0.2, 0) is 4.74 Å². The van der Waals surface area contributed by atoms with Crippen molar-refractivity contribution in [2.24, 2.45) is 0 Å². The van der Waals surface area contributed by atoms with Gasteiger partial charge in [0.05, 0.1) is 41.9 Å². The van der Waals surface area contributed by atoms with E-state index in [1.807, 2.05) is 24.3 Å². The number of hydrogen-bond acceptors (Lipinski definition) is 6. The first-order chi connectivity index (χ1) is 14.0. The highest BCUT2D eigenvalue weighted by Crippen LogP contribution is 2.25. The maximum absolute atomic E-state index is 12.6. The number of benzene rings is 2. The molecule has 0 aromatic heterocycles. The van der Waals surface area contributed by atoms with Crippen molar-refractivity contribution in [3.63, 3.8) is 0 Å². The van der Waals surface area contributed by atoms with Gasteiger partial charge in [-0.2, -0.15) is 0 Å². The molecule has 1 fully saturated rings. The minimum atomic E-state index is -0.550. The number of nitrogens with one attached hydrogen (secondary N) is 1. The highest BCUT2D eigenvalue weighted by molar-refractivity contribution is 6.34. The van der Waals surface area contributed by atoms with Gasteiger partial charge >= 0.3 is 0 Å². The quantitative estimate of drug-likeness (QED) is 0.547. The fourth-order valence-corrected chi connectivity index (χ4v) is 3.52. The van der Waals surface area contributed by atoms with Crippen LogP contribution in [0.4, 0.5) is 5.69 Å². The average molecular weight is 420 g/mol. The number of halogens is 1. The molecule has 0 bridgehead atoms. The minimum absolute atomic E-state index is 0.0454. The summed E-state index contributed by atoms with van der Waals surface area (Å²) in [5.41, 5.74) is 1.09. The third-order valence-corrected chi connectivity index (χ3v) is 5.16. The third-order valence-electron chi connectivity index (χ3n) is 4.85. The molecule has 1 atom stereocenters. The summed E-state index contributed by atoms with van der Waals surface area (Å²) in [6.45, 7) is 3.14. The van der Waals surface area contributed by atoms with E-state index >= 15 is 0 Å². The Morgan fingerprint density at radius 1 is 1.28 bits per heavy atom. The van der Waals surface area contributed by atoms with E-state index in [-0.39, 0.29) is 28.2 Å². The van der Waals surface area contributed by atoms with Crippen molar-refractivity contribution in [1.82, 2.24) is 10.2 Å². The molecule has 1 aliphatic rings. The number of carbonyl (C=O) groups is 1. The van der Waals surface area contributed by atoms with E-state index in [1.165, 1.54) is 18.2 Å². The van der Waals surface area contributed by atoms with Crippen LogP contribution in [0, 0.1) is 10.1 Å². The average Bonchev–Trinajstić information content (AvgIpc) is 2.74. The fraction of sp³-hybridized carbons (Fsp3) is 0.350. The number of non-ortho nitro benzene ring substituents is 1. The van der Waals surface area contributed by atoms with Crippen LogP contribution in [0.5, 0.6) is 5.75 Å². The second kappa shape index (κ2) is 9.69. The number of nitrogens with zero attached hydrogens (tertiary/aromatic N) is 2. The van der Waals surface area contributed by atoms with Gasteiger partial charge in [0.1, 0.15) is 5.75 Å². The van der Waals surface area contributed by atoms with Crippen molar-refractivity contribution in [3.05, 3.63) is 68.7 Å². The lowest BCUT2D eigenvalue weighted by Gasteiger charge is -2.35. The predicted octanol–water partition coefficient (Wildman–Crippen LogP) is 3.06. The maximum atomic E-state index is 12.6. The molecule has 0 radical (unpaired) electrons. The molecule has 2 aromatic carbocycles. The Morgan fingerprint density at radius 3 is 2.55 bits per heavy atom. The van der Waals surface area contributed by atoms with E-state index in [4.69, 9.17) is 21.1 Å². The molecule has 9 heteroatoms. The summed E-state index contributed by atoms with van der Waals surface area (Å²) in [4.78, 5) is 25.2. The third kappa shape index (κ3) is 5.23. The zero-order valence-corrected chi connectivity index (χ0v) is 16.7. The second-order valence-electron chi connectivity index (χ2n) is 6.57. The van der Waals surface area contributed by atoms with Crippen molar-refractivity contribution in [2.75, 3.05) is 40.0 Å². The molecule has 29 heavy (non-hydrogen) atoms. The van der Waals surface area contributed by atoms with Crippen LogP contribution in [0.2, 0.25) is 5.02 Å². The topological polar surface area (TPSA) is 93.9 Å². The van der Waals surface area contributed by atoms with Gasteiger partial charge in [0.25, 0.3) is 11.6 Å². The summed E-state index contributed by atoms with van der Waals surface area (Å²) in [6, 6.07) is 11.5. The smallest absolute Gasteiger partial charge is 0.270 e. The van der Waals surface area contributed by atoms with Crippen molar-refractivity contribution < 1.29 is 19.2 Å². The van der Waals surface area contributed by atoms with E-state index < -0.39 is 4.92 Å². The van der Waals surface area contributed by atoms with E-state index in [0.29, 0.717) is 19.8 Å². The summed E-state index contributed by atoms with van der Waals surface area (Å²) >= 11 is 6.08. The molecule has 0 saturated carbocycles. The summed E-state index contributed by atoms with van der Waals surface area (Å²) in [7, 11) is 1.61. The maximum Gasteiger partial charge on any atom is 0.270 e. The Labute approximate surface area is 173 Å². The van der Waals surface area contributed by atoms with Gasteiger partial charge in [-0.05, 0) is 23.8 Å². The minimum Gasteiger partial charge on any atom is -0.497 e. The number of nitro groups is 1. The van der Waals surface area contributed by atoms with Crippen molar-refractivity contribution in [2.45, 2.75) is 6.04 Å². The Kier molecular flexibility index (Phi) is 7.03. The van der Waals surface area contributed by atoms with Crippen molar-refractivity contribution in [3.8, 4) is 5.75 Å². The van der Waals surface area contributed by atoms with E-state index in [1.54, 1.807) is 7.11 Å². The molecular formula is C20H22ClN3O5. The number of hydrogen-bond donors (Lipinski definition) is 1. The normalized spacial score (nSPS) is 15.5. The number of ether oxygens (including phenoxy) is 2. The van der Waals surface area contributed by atoms with Gasteiger partial charge < -0.3 is 14.8 Å². The van der Waals surface area contributed by atoms with Crippen LogP contribution >= 0.6 is 11.6 Å². The largest absolute Gasteiger partial charge is 0.497 e. The first-order valence-electron chi connectivity index (χ1n) is 9.17. The van der Waals surface area contributed by atoms with Crippen LogP contribution in [0.1, 0.15) is 22.0 Å². The molecule has 1 heterocycles. The highest BCUT2D eigenvalue weighted by atomic mass is 35.5. The van der Waals surface area contributed by atoms with Crippen molar-refractivity contribution in [1.29, 1.82) is 0 Å². The van der Waals surface area contributed by atoms with Crippen LogP contribution in [0.3, 0.4) is 0 Å². The summed E-state index contributed by atoms with van der Waals surface area (Å²) < 4.78 is 10.7. The van der Waals surface area contributed by atoms with Crippen LogP contribution < -0.4 is 10.1 Å². The zero-order valence-electron chi connectivity index (χ0n) is 16.0.